The number of carbonyl (C=O) groups is 1. The highest BCUT2D eigenvalue weighted by Crippen LogP contribution is 2.18. The maximum Gasteiger partial charge on any atom is 0.258 e. The number of rotatable bonds is 3. The SMILES string of the molecule is CCN1CCC(N(C)C(=O)c2cccnc2F)CC1. The van der Waals surface area contributed by atoms with Crippen LogP contribution in [0.15, 0.2) is 18.3 Å². The predicted molar refractivity (Wildman–Crippen MR) is 71.4 cm³/mol. The Morgan fingerprint density at radius 1 is 1.53 bits per heavy atom. The van der Waals surface area contributed by atoms with Gasteiger partial charge in [-0.05, 0) is 31.5 Å². The molecule has 1 aromatic heterocycles. The van der Waals surface area contributed by atoms with Gasteiger partial charge >= 0.3 is 0 Å². The summed E-state index contributed by atoms with van der Waals surface area (Å²) in [5.74, 6) is -0.967. The monoisotopic (exact) mass is 265 g/mol. The molecule has 0 unspecified atom stereocenters. The molecule has 19 heavy (non-hydrogen) atoms. The Kier molecular flexibility index (Phi) is 4.47. The summed E-state index contributed by atoms with van der Waals surface area (Å²) in [6, 6.07) is 3.27. The van der Waals surface area contributed by atoms with Crippen molar-refractivity contribution in [1.29, 1.82) is 0 Å². The molecule has 1 aliphatic rings. The molecule has 5 heteroatoms. The maximum atomic E-state index is 13.5. The molecule has 2 rings (SSSR count). The van der Waals surface area contributed by atoms with E-state index in [-0.39, 0.29) is 17.5 Å². The first-order valence-corrected chi connectivity index (χ1v) is 6.73. The van der Waals surface area contributed by atoms with Crippen LogP contribution in [0.1, 0.15) is 30.1 Å². The fraction of sp³-hybridized carbons (Fsp3) is 0.571. The van der Waals surface area contributed by atoms with Crippen LogP contribution in [0.2, 0.25) is 0 Å². The van der Waals surface area contributed by atoms with Gasteiger partial charge in [0.25, 0.3) is 5.91 Å². The van der Waals surface area contributed by atoms with E-state index in [0.29, 0.717) is 0 Å². The van der Waals surface area contributed by atoms with Gasteiger partial charge in [0.2, 0.25) is 5.95 Å². The van der Waals surface area contributed by atoms with E-state index < -0.39 is 5.95 Å². The topological polar surface area (TPSA) is 36.4 Å². The minimum Gasteiger partial charge on any atom is -0.338 e. The van der Waals surface area contributed by atoms with E-state index in [1.54, 1.807) is 18.0 Å². The van der Waals surface area contributed by atoms with Crippen molar-refractivity contribution >= 4 is 5.91 Å². The molecule has 0 aromatic carbocycles. The molecule has 1 aliphatic heterocycles. The fourth-order valence-corrected chi connectivity index (χ4v) is 2.52. The lowest BCUT2D eigenvalue weighted by molar-refractivity contribution is 0.0641. The van der Waals surface area contributed by atoms with Gasteiger partial charge in [0, 0.05) is 32.4 Å². The molecular formula is C14H20FN3O. The van der Waals surface area contributed by atoms with Crippen molar-refractivity contribution in [2.75, 3.05) is 26.7 Å². The van der Waals surface area contributed by atoms with Gasteiger partial charge in [-0.3, -0.25) is 4.79 Å². The van der Waals surface area contributed by atoms with Crippen molar-refractivity contribution in [3.05, 3.63) is 29.8 Å². The van der Waals surface area contributed by atoms with E-state index >= 15 is 0 Å². The minimum atomic E-state index is -0.689. The predicted octanol–water partition coefficient (Wildman–Crippen LogP) is 1.78. The highest BCUT2D eigenvalue weighted by atomic mass is 19.1. The quantitative estimate of drug-likeness (QED) is 0.782. The van der Waals surface area contributed by atoms with Crippen molar-refractivity contribution in [3.8, 4) is 0 Å². The number of amides is 1. The summed E-state index contributed by atoms with van der Waals surface area (Å²) in [5, 5.41) is 0. The van der Waals surface area contributed by atoms with Gasteiger partial charge in [0.05, 0.1) is 5.56 Å². The molecule has 0 saturated carbocycles. The summed E-state index contributed by atoms with van der Waals surface area (Å²) >= 11 is 0. The number of pyridine rings is 1. The maximum absolute atomic E-state index is 13.5. The molecule has 1 aromatic rings. The van der Waals surface area contributed by atoms with Gasteiger partial charge < -0.3 is 9.80 Å². The van der Waals surface area contributed by atoms with E-state index in [1.165, 1.54) is 12.3 Å². The molecule has 0 spiro atoms. The van der Waals surface area contributed by atoms with Gasteiger partial charge in [-0.1, -0.05) is 6.92 Å². The molecule has 0 radical (unpaired) electrons. The highest BCUT2D eigenvalue weighted by molar-refractivity contribution is 5.94. The van der Waals surface area contributed by atoms with E-state index in [4.69, 9.17) is 0 Å². The normalized spacial score (nSPS) is 17.4. The average molecular weight is 265 g/mol. The van der Waals surface area contributed by atoms with E-state index in [1.807, 2.05) is 0 Å². The van der Waals surface area contributed by atoms with Crippen LogP contribution in [-0.4, -0.2) is 53.4 Å². The fourth-order valence-electron chi connectivity index (χ4n) is 2.52. The zero-order valence-corrected chi connectivity index (χ0v) is 11.5. The Morgan fingerprint density at radius 3 is 2.79 bits per heavy atom. The average Bonchev–Trinajstić information content (AvgIpc) is 2.46. The smallest absolute Gasteiger partial charge is 0.258 e. The van der Waals surface area contributed by atoms with Crippen molar-refractivity contribution in [2.24, 2.45) is 0 Å². The Hall–Kier alpha value is -1.49. The molecule has 1 amide bonds. The van der Waals surface area contributed by atoms with Crippen LogP contribution in [0.4, 0.5) is 4.39 Å². The Morgan fingerprint density at radius 2 is 2.21 bits per heavy atom. The molecule has 1 saturated heterocycles. The number of likely N-dealkylation sites (tertiary alicyclic amines) is 1. The largest absolute Gasteiger partial charge is 0.338 e. The lowest BCUT2D eigenvalue weighted by Gasteiger charge is -2.36. The summed E-state index contributed by atoms with van der Waals surface area (Å²) in [6.07, 6.45) is 3.24. The lowest BCUT2D eigenvalue weighted by Crippen LogP contribution is -2.45. The Labute approximate surface area is 113 Å². The molecule has 0 atom stereocenters. The van der Waals surface area contributed by atoms with Crippen molar-refractivity contribution in [3.63, 3.8) is 0 Å². The zero-order valence-electron chi connectivity index (χ0n) is 11.5. The van der Waals surface area contributed by atoms with E-state index in [9.17, 15) is 9.18 Å². The number of nitrogens with zero attached hydrogens (tertiary/aromatic N) is 3. The zero-order chi connectivity index (χ0) is 13.8. The number of piperidine rings is 1. The first-order chi connectivity index (χ1) is 9.13. The first kappa shape index (κ1) is 13.9. The number of hydrogen-bond acceptors (Lipinski definition) is 3. The molecule has 0 aliphatic carbocycles. The number of carbonyl (C=O) groups excluding carboxylic acids is 1. The Bertz CT molecular complexity index is 444. The van der Waals surface area contributed by atoms with Crippen LogP contribution in [0.25, 0.3) is 0 Å². The summed E-state index contributed by atoms with van der Waals surface area (Å²) in [5.41, 5.74) is 0.0583. The molecular weight excluding hydrogens is 245 g/mol. The summed E-state index contributed by atoms with van der Waals surface area (Å²) in [6.45, 7) is 5.17. The van der Waals surface area contributed by atoms with Crippen molar-refractivity contribution in [1.82, 2.24) is 14.8 Å². The van der Waals surface area contributed by atoms with Crippen molar-refractivity contribution in [2.45, 2.75) is 25.8 Å². The van der Waals surface area contributed by atoms with Gasteiger partial charge in [-0.15, -0.1) is 0 Å². The van der Waals surface area contributed by atoms with E-state index in [2.05, 4.69) is 16.8 Å². The van der Waals surface area contributed by atoms with Gasteiger partial charge in [0.15, 0.2) is 0 Å². The summed E-state index contributed by atoms with van der Waals surface area (Å²) in [7, 11) is 1.75. The third kappa shape index (κ3) is 3.10. The third-order valence-electron chi connectivity index (χ3n) is 3.86. The molecule has 2 heterocycles. The molecule has 0 bridgehead atoms. The second-order valence-electron chi connectivity index (χ2n) is 4.92. The van der Waals surface area contributed by atoms with Crippen LogP contribution in [0, 0.1) is 5.95 Å². The second-order valence-corrected chi connectivity index (χ2v) is 4.92. The van der Waals surface area contributed by atoms with Crippen LogP contribution < -0.4 is 0 Å². The van der Waals surface area contributed by atoms with Crippen LogP contribution in [0.5, 0.6) is 0 Å². The second kappa shape index (κ2) is 6.10. The van der Waals surface area contributed by atoms with Crippen LogP contribution >= 0.6 is 0 Å². The van der Waals surface area contributed by atoms with Crippen molar-refractivity contribution < 1.29 is 9.18 Å². The molecule has 0 N–H and O–H groups in total. The molecule has 4 nitrogen and oxygen atoms in total. The first-order valence-electron chi connectivity index (χ1n) is 6.73. The van der Waals surface area contributed by atoms with Crippen LogP contribution in [0.3, 0.4) is 0 Å². The van der Waals surface area contributed by atoms with Gasteiger partial charge in [-0.25, -0.2) is 4.98 Å². The lowest BCUT2D eigenvalue weighted by atomic mass is 10.0. The molecule has 1 fully saturated rings. The van der Waals surface area contributed by atoms with Gasteiger partial charge in [-0.2, -0.15) is 4.39 Å². The highest BCUT2D eigenvalue weighted by Gasteiger charge is 2.26. The third-order valence-corrected chi connectivity index (χ3v) is 3.86. The summed E-state index contributed by atoms with van der Waals surface area (Å²) < 4.78 is 13.5. The standard InChI is InChI=1S/C14H20FN3O/c1-3-18-9-6-11(7-10-18)17(2)14(19)12-5-4-8-16-13(12)15/h4-5,8,11H,3,6-7,9-10H2,1-2H3. The number of hydrogen-bond donors (Lipinski definition) is 0. The Balaban J connectivity index is 2.02. The van der Waals surface area contributed by atoms with Crippen LogP contribution in [-0.2, 0) is 0 Å². The van der Waals surface area contributed by atoms with E-state index in [0.717, 1.165) is 32.5 Å². The minimum absolute atomic E-state index is 0.0583. The molecule has 104 valence electrons. The number of aromatic nitrogens is 1. The number of halogens is 1. The summed E-state index contributed by atoms with van der Waals surface area (Å²) in [4.78, 5) is 19.8. The van der Waals surface area contributed by atoms with Gasteiger partial charge in [0.1, 0.15) is 0 Å².